The van der Waals surface area contributed by atoms with Crippen LogP contribution in [0.4, 0.5) is 0 Å². The average Bonchev–Trinajstić information content (AvgIpc) is 2.89. The summed E-state index contributed by atoms with van der Waals surface area (Å²) in [5, 5.41) is 1.07. The van der Waals surface area contributed by atoms with E-state index < -0.39 is 0 Å². The Morgan fingerprint density at radius 3 is 2.12 bits per heavy atom. The molecule has 1 aromatic heterocycles. The number of benzene rings is 1. The molecule has 5 nitrogen and oxygen atoms in total. The number of fused-ring (bicyclic) bond motifs is 1. The molecule has 2 heterocycles. The Balaban J connectivity index is 2.15. The number of hydrogen-bond donors (Lipinski definition) is 0. The van der Waals surface area contributed by atoms with Gasteiger partial charge in [-0.1, -0.05) is 12.1 Å². The van der Waals surface area contributed by atoms with Gasteiger partial charge in [-0.25, -0.2) is 9.66 Å². The lowest BCUT2D eigenvalue weighted by molar-refractivity contribution is 0.0886. The Labute approximate surface area is 90.9 Å². The molecule has 0 N–H and O–H groups in total. The van der Waals surface area contributed by atoms with Crippen LogP contribution in [-0.2, 0) is 0 Å². The van der Waals surface area contributed by atoms with Crippen LogP contribution >= 0.6 is 0 Å². The zero-order valence-corrected chi connectivity index (χ0v) is 8.20. The molecule has 3 rings (SSSR count). The number of imidazole rings is 1. The number of carbonyl (C=O) groups excluding carboxylic acids is 2. The molecule has 0 spiro atoms. The van der Waals surface area contributed by atoms with Crippen molar-refractivity contribution in [2.24, 2.45) is 0 Å². The zero-order valence-electron chi connectivity index (χ0n) is 8.20. The molecular formula is C11H7N3O2. The van der Waals surface area contributed by atoms with E-state index in [2.05, 4.69) is 4.98 Å². The summed E-state index contributed by atoms with van der Waals surface area (Å²) in [4.78, 5) is 27.7. The molecule has 78 valence electrons. The highest BCUT2D eigenvalue weighted by molar-refractivity contribution is 6.30. The van der Waals surface area contributed by atoms with Crippen LogP contribution < -0.4 is 5.01 Å². The molecule has 0 fully saturated rings. The van der Waals surface area contributed by atoms with Crippen molar-refractivity contribution < 1.29 is 9.59 Å². The molecule has 5 heteroatoms. The summed E-state index contributed by atoms with van der Waals surface area (Å²) >= 11 is 0. The van der Waals surface area contributed by atoms with E-state index in [1.807, 2.05) is 0 Å². The lowest BCUT2D eigenvalue weighted by Gasteiger charge is -2.13. The molecular weight excluding hydrogens is 206 g/mol. The van der Waals surface area contributed by atoms with Crippen molar-refractivity contribution in [2.45, 2.75) is 0 Å². The number of rotatable bonds is 1. The maximum atomic E-state index is 12.0. The largest absolute Gasteiger partial charge is 0.281 e. The highest BCUT2D eigenvalue weighted by Crippen LogP contribution is 2.20. The third-order valence-corrected chi connectivity index (χ3v) is 2.49. The molecule has 0 radical (unpaired) electrons. The fraction of sp³-hybridized carbons (Fsp3) is 0. The molecule has 2 amide bonds. The second-order valence-electron chi connectivity index (χ2n) is 3.41. The molecule has 0 aliphatic carbocycles. The minimum Gasteiger partial charge on any atom is -0.267 e. The summed E-state index contributed by atoms with van der Waals surface area (Å²) in [6.45, 7) is 0. The first-order valence-electron chi connectivity index (χ1n) is 4.75. The molecule has 0 saturated heterocycles. The molecule has 0 saturated carbocycles. The van der Waals surface area contributed by atoms with Gasteiger partial charge in [0, 0.05) is 12.4 Å². The van der Waals surface area contributed by atoms with Crippen LogP contribution in [0.1, 0.15) is 20.7 Å². The first kappa shape index (κ1) is 8.84. The summed E-state index contributed by atoms with van der Waals surface area (Å²) in [5.41, 5.74) is 0.863. The van der Waals surface area contributed by atoms with Crippen molar-refractivity contribution in [3.63, 3.8) is 0 Å². The first-order chi connectivity index (χ1) is 7.79. The Morgan fingerprint density at radius 2 is 1.62 bits per heavy atom. The minimum atomic E-state index is -0.321. The second-order valence-corrected chi connectivity index (χ2v) is 3.41. The fourth-order valence-corrected chi connectivity index (χ4v) is 1.76. The van der Waals surface area contributed by atoms with Gasteiger partial charge in [-0.3, -0.25) is 9.59 Å². The summed E-state index contributed by atoms with van der Waals surface area (Å²) in [6.07, 6.45) is 4.49. The van der Waals surface area contributed by atoms with Crippen LogP contribution in [0.25, 0.3) is 0 Å². The predicted octanol–water partition coefficient (Wildman–Crippen LogP) is 0.815. The van der Waals surface area contributed by atoms with Crippen molar-refractivity contribution in [1.29, 1.82) is 0 Å². The van der Waals surface area contributed by atoms with Crippen molar-refractivity contribution in [2.75, 3.05) is 5.01 Å². The molecule has 1 aliphatic heterocycles. The fourth-order valence-electron chi connectivity index (χ4n) is 1.76. The van der Waals surface area contributed by atoms with Gasteiger partial charge >= 0.3 is 0 Å². The van der Waals surface area contributed by atoms with E-state index in [1.165, 1.54) is 17.2 Å². The Hall–Kier alpha value is -2.43. The van der Waals surface area contributed by atoms with Crippen molar-refractivity contribution in [1.82, 2.24) is 9.66 Å². The van der Waals surface area contributed by atoms with E-state index in [4.69, 9.17) is 0 Å². The number of nitrogens with zero attached hydrogens (tertiary/aromatic N) is 3. The number of hydrogen-bond acceptors (Lipinski definition) is 3. The summed E-state index contributed by atoms with van der Waals surface area (Å²) in [7, 11) is 0. The summed E-state index contributed by atoms with van der Waals surface area (Å²) < 4.78 is 1.38. The summed E-state index contributed by atoms with van der Waals surface area (Å²) in [5.74, 6) is -0.641. The van der Waals surface area contributed by atoms with E-state index in [0.717, 1.165) is 5.01 Å². The van der Waals surface area contributed by atoms with E-state index in [9.17, 15) is 9.59 Å². The summed E-state index contributed by atoms with van der Waals surface area (Å²) in [6, 6.07) is 6.77. The number of imide groups is 1. The molecule has 1 aliphatic rings. The van der Waals surface area contributed by atoms with Gasteiger partial charge < -0.3 is 0 Å². The molecule has 0 unspecified atom stereocenters. The molecule has 1 aromatic carbocycles. The van der Waals surface area contributed by atoms with Crippen LogP contribution in [-0.4, -0.2) is 21.5 Å². The Morgan fingerprint density at radius 1 is 1.00 bits per heavy atom. The van der Waals surface area contributed by atoms with Crippen LogP contribution in [0.2, 0.25) is 0 Å². The maximum absolute atomic E-state index is 12.0. The zero-order chi connectivity index (χ0) is 11.1. The molecule has 2 aromatic rings. The van der Waals surface area contributed by atoms with Gasteiger partial charge in [0.2, 0.25) is 0 Å². The van der Waals surface area contributed by atoms with Gasteiger partial charge in [-0.05, 0) is 12.1 Å². The molecule has 16 heavy (non-hydrogen) atoms. The molecule has 0 bridgehead atoms. The Kier molecular flexibility index (Phi) is 1.67. The van der Waals surface area contributed by atoms with Crippen LogP contribution in [0, 0.1) is 0 Å². The van der Waals surface area contributed by atoms with Crippen LogP contribution in [0.3, 0.4) is 0 Å². The number of carbonyl (C=O) groups is 2. The third kappa shape index (κ3) is 1.02. The maximum Gasteiger partial charge on any atom is 0.281 e. The topological polar surface area (TPSA) is 55.2 Å². The normalized spacial score (nSPS) is 14.4. The van der Waals surface area contributed by atoms with Crippen LogP contribution in [0.15, 0.2) is 43.0 Å². The van der Waals surface area contributed by atoms with Gasteiger partial charge in [-0.2, -0.15) is 5.01 Å². The number of amides is 2. The van der Waals surface area contributed by atoms with E-state index in [-0.39, 0.29) is 11.8 Å². The smallest absolute Gasteiger partial charge is 0.267 e. The lowest BCUT2D eigenvalue weighted by atomic mass is 10.1. The van der Waals surface area contributed by atoms with Gasteiger partial charge in [0.1, 0.15) is 6.33 Å². The van der Waals surface area contributed by atoms with Gasteiger partial charge in [0.25, 0.3) is 11.8 Å². The molecule has 0 atom stereocenters. The van der Waals surface area contributed by atoms with Gasteiger partial charge in [-0.15, -0.1) is 0 Å². The Bertz CT molecular complexity index is 540. The average molecular weight is 213 g/mol. The van der Waals surface area contributed by atoms with E-state index in [0.29, 0.717) is 11.1 Å². The quantitative estimate of drug-likeness (QED) is 0.659. The van der Waals surface area contributed by atoms with E-state index in [1.54, 1.807) is 30.5 Å². The van der Waals surface area contributed by atoms with E-state index >= 15 is 0 Å². The van der Waals surface area contributed by atoms with Crippen LogP contribution in [0.5, 0.6) is 0 Å². The first-order valence-corrected chi connectivity index (χ1v) is 4.75. The SMILES string of the molecule is O=C1c2ccccc2C(=O)N1n1ccnc1. The second kappa shape index (κ2) is 3.03. The third-order valence-electron chi connectivity index (χ3n) is 2.49. The van der Waals surface area contributed by atoms with Crippen molar-refractivity contribution in [3.8, 4) is 0 Å². The standard InChI is InChI=1S/C11H7N3O2/c15-10-8-3-1-2-4-9(8)11(16)14(10)13-6-5-12-7-13/h1-7H. The highest BCUT2D eigenvalue weighted by atomic mass is 16.2. The minimum absolute atomic E-state index is 0.321. The predicted molar refractivity (Wildman–Crippen MR) is 55.5 cm³/mol. The number of aromatic nitrogens is 2. The highest BCUT2D eigenvalue weighted by Gasteiger charge is 2.36. The van der Waals surface area contributed by atoms with Crippen molar-refractivity contribution in [3.05, 3.63) is 54.1 Å². The van der Waals surface area contributed by atoms with Crippen molar-refractivity contribution >= 4 is 11.8 Å². The monoisotopic (exact) mass is 213 g/mol. The van der Waals surface area contributed by atoms with Gasteiger partial charge in [0.05, 0.1) is 11.1 Å². The van der Waals surface area contributed by atoms with Gasteiger partial charge in [0.15, 0.2) is 0 Å². The lowest BCUT2D eigenvalue weighted by Crippen LogP contribution is -2.38.